The molecule has 8 heteroatoms. The number of amides is 2. The van der Waals surface area contributed by atoms with Crippen molar-refractivity contribution in [2.24, 2.45) is 0 Å². The molecule has 0 radical (unpaired) electrons. The Balaban J connectivity index is 1.79. The predicted octanol–water partition coefficient (Wildman–Crippen LogP) is 1.90. The molecule has 2 aromatic rings. The van der Waals surface area contributed by atoms with E-state index in [9.17, 15) is 19.2 Å². The van der Waals surface area contributed by atoms with Gasteiger partial charge in [0.25, 0.3) is 5.91 Å². The van der Waals surface area contributed by atoms with Crippen molar-refractivity contribution in [1.82, 2.24) is 10.6 Å². The number of hydrogen-bond donors (Lipinski definition) is 2. The number of esters is 2. The largest absolute Gasteiger partial charge is 0.465 e. The molecule has 0 aliphatic heterocycles. The molecule has 0 fully saturated rings. The van der Waals surface area contributed by atoms with Gasteiger partial charge in [-0.1, -0.05) is 42.5 Å². The van der Waals surface area contributed by atoms with Crippen molar-refractivity contribution in [3.05, 3.63) is 71.3 Å². The summed E-state index contributed by atoms with van der Waals surface area (Å²) in [5.74, 6) is -1.77. The summed E-state index contributed by atoms with van der Waals surface area (Å²) in [6, 6.07) is 15.1. The Morgan fingerprint density at radius 3 is 2.23 bits per heavy atom. The van der Waals surface area contributed by atoms with Gasteiger partial charge in [0.05, 0.1) is 25.1 Å². The van der Waals surface area contributed by atoms with Gasteiger partial charge in [-0.15, -0.1) is 0 Å². The molecule has 2 amide bonds. The lowest BCUT2D eigenvalue weighted by molar-refractivity contribution is -0.149. The third-order valence-electron chi connectivity index (χ3n) is 4.18. The quantitative estimate of drug-likeness (QED) is 0.609. The molecule has 2 aromatic carbocycles. The van der Waals surface area contributed by atoms with E-state index in [-0.39, 0.29) is 18.9 Å². The van der Waals surface area contributed by atoms with Crippen LogP contribution in [0.1, 0.15) is 40.9 Å². The van der Waals surface area contributed by atoms with Crippen molar-refractivity contribution in [1.29, 1.82) is 0 Å². The summed E-state index contributed by atoms with van der Waals surface area (Å²) in [7, 11) is 1.30. The standard InChI is InChI=1S/C22H24N2O6/c1-15(25)24-19(17-6-4-3-5-7-17)12-21(27)30-14-20(26)23-13-16-8-10-18(11-9-16)22(28)29-2/h3-11,19H,12-14H2,1-2H3,(H,23,26)(H,24,25)/t19-/m0/s1. The highest BCUT2D eigenvalue weighted by Gasteiger charge is 2.18. The number of carbonyl (C=O) groups excluding carboxylic acids is 4. The molecular weight excluding hydrogens is 388 g/mol. The topological polar surface area (TPSA) is 111 Å². The predicted molar refractivity (Wildman–Crippen MR) is 108 cm³/mol. The fourth-order valence-corrected chi connectivity index (χ4v) is 2.68. The second-order valence-electron chi connectivity index (χ2n) is 6.49. The fraction of sp³-hybridized carbons (Fsp3) is 0.273. The highest BCUT2D eigenvalue weighted by molar-refractivity contribution is 5.89. The lowest BCUT2D eigenvalue weighted by Crippen LogP contribution is -2.31. The van der Waals surface area contributed by atoms with Gasteiger partial charge in [0.1, 0.15) is 0 Å². The van der Waals surface area contributed by atoms with Crippen molar-refractivity contribution in [3.63, 3.8) is 0 Å². The van der Waals surface area contributed by atoms with Crippen LogP contribution in [0.5, 0.6) is 0 Å². The van der Waals surface area contributed by atoms with Gasteiger partial charge in [-0.3, -0.25) is 14.4 Å². The molecule has 0 aliphatic rings. The molecule has 2 N–H and O–H groups in total. The second kappa shape index (κ2) is 11.4. The van der Waals surface area contributed by atoms with Gasteiger partial charge >= 0.3 is 11.9 Å². The number of nitrogens with one attached hydrogen (secondary N) is 2. The van der Waals surface area contributed by atoms with Crippen molar-refractivity contribution < 1.29 is 28.7 Å². The van der Waals surface area contributed by atoms with E-state index in [4.69, 9.17) is 4.74 Å². The Kier molecular flexibility index (Phi) is 8.56. The van der Waals surface area contributed by atoms with Gasteiger partial charge in [-0.05, 0) is 23.3 Å². The molecule has 0 saturated carbocycles. The lowest BCUT2D eigenvalue weighted by atomic mass is 10.0. The smallest absolute Gasteiger partial charge is 0.337 e. The van der Waals surface area contributed by atoms with Gasteiger partial charge in [-0.2, -0.15) is 0 Å². The van der Waals surface area contributed by atoms with Crippen molar-refractivity contribution >= 4 is 23.8 Å². The molecule has 158 valence electrons. The maximum absolute atomic E-state index is 12.1. The van der Waals surface area contributed by atoms with Crippen LogP contribution in [0.2, 0.25) is 0 Å². The summed E-state index contributed by atoms with van der Waals surface area (Å²) in [4.78, 5) is 46.9. The second-order valence-corrected chi connectivity index (χ2v) is 6.49. The van der Waals surface area contributed by atoms with Crippen LogP contribution in [0.15, 0.2) is 54.6 Å². The first-order valence-corrected chi connectivity index (χ1v) is 9.30. The van der Waals surface area contributed by atoms with E-state index in [0.717, 1.165) is 11.1 Å². The lowest BCUT2D eigenvalue weighted by Gasteiger charge is -2.17. The first kappa shape index (κ1) is 22.6. The maximum atomic E-state index is 12.1. The summed E-state index contributed by atoms with van der Waals surface area (Å²) in [5.41, 5.74) is 1.95. The Morgan fingerprint density at radius 2 is 1.63 bits per heavy atom. The summed E-state index contributed by atoms with van der Waals surface area (Å²) in [6.07, 6.45) is -0.0914. The summed E-state index contributed by atoms with van der Waals surface area (Å²) in [6.45, 7) is 1.16. The zero-order valence-corrected chi connectivity index (χ0v) is 16.8. The van der Waals surface area contributed by atoms with Gasteiger partial charge in [0, 0.05) is 13.5 Å². The minimum Gasteiger partial charge on any atom is -0.465 e. The third kappa shape index (κ3) is 7.38. The first-order chi connectivity index (χ1) is 14.4. The molecule has 0 heterocycles. The van der Waals surface area contributed by atoms with E-state index in [1.165, 1.54) is 14.0 Å². The van der Waals surface area contributed by atoms with E-state index in [0.29, 0.717) is 5.56 Å². The van der Waals surface area contributed by atoms with Crippen LogP contribution in [-0.4, -0.2) is 37.5 Å². The van der Waals surface area contributed by atoms with Crippen molar-refractivity contribution in [2.45, 2.75) is 25.9 Å². The van der Waals surface area contributed by atoms with E-state index in [1.54, 1.807) is 48.5 Å². The summed E-state index contributed by atoms with van der Waals surface area (Å²) >= 11 is 0. The molecule has 1 atom stereocenters. The zero-order chi connectivity index (χ0) is 21.9. The first-order valence-electron chi connectivity index (χ1n) is 9.30. The summed E-state index contributed by atoms with van der Waals surface area (Å²) in [5, 5.41) is 5.34. The van der Waals surface area contributed by atoms with E-state index < -0.39 is 30.5 Å². The molecule has 0 spiro atoms. The third-order valence-corrected chi connectivity index (χ3v) is 4.18. The van der Waals surface area contributed by atoms with Crippen LogP contribution in [0.25, 0.3) is 0 Å². The Morgan fingerprint density at radius 1 is 0.967 bits per heavy atom. The maximum Gasteiger partial charge on any atom is 0.337 e. The summed E-state index contributed by atoms with van der Waals surface area (Å²) < 4.78 is 9.65. The highest BCUT2D eigenvalue weighted by Crippen LogP contribution is 2.17. The molecule has 0 aliphatic carbocycles. The fourth-order valence-electron chi connectivity index (χ4n) is 2.68. The number of ether oxygens (including phenoxy) is 2. The number of rotatable bonds is 9. The highest BCUT2D eigenvalue weighted by atomic mass is 16.5. The van der Waals surface area contributed by atoms with Crippen LogP contribution in [0.3, 0.4) is 0 Å². The van der Waals surface area contributed by atoms with Crippen LogP contribution in [0.4, 0.5) is 0 Å². The normalized spacial score (nSPS) is 11.1. The molecule has 0 aromatic heterocycles. The Hall–Kier alpha value is -3.68. The van der Waals surface area contributed by atoms with Crippen LogP contribution in [0, 0.1) is 0 Å². The molecule has 0 saturated heterocycles. The van der Waals surface area contributed by atoms with Crippen molar-refractivity contribution in [3.8, 4) is 0 Å². The van der Waals surface area contributed by atoms with Crippen LogP contribution >= 0.6 is 0 Å². The minimum atomic E-state index is -0.602. The molecule has 30 heavy (non-hydrogen) atoms. The molecule has 0 bridgehead atoms. The van der Waals surface area contributed by atoms with E-state index in [2.05, 4.69) is 15.4 Å². The zero-order valence-electron chi connectivity index (χ0n) is 16.8. The number of benzene rings is 2. The minimum absolute atomic E-state index is 0.0914. The monoisotopic (exact) mass is 412 g/mol. The van der Waals surface area contributed by atoms with Crippen LogP contribution < -0.4 is 10.6 Å². The van der Waals surface area contributed by atoms with Gasteiger partial charge < -0.3 is 20.1 Å². The molecular formula is C22H24N2O6. The average Bonchev–Trinajstić information content (AvgIpc) is 2.76. The van der Waals surface area contributed by atoms with E-state index in [1.807, 2.05) is 6.07 Å². The Bertz CT molecular complexity index is 880. The molecule has 8 nitrogen and oxygen atoms in total. The van der Waals surface area contributed by atoms with E-state index >= 15 is 0 Å². The SMILES string of the molecule is COC(=O)c1ccc(CNC(=O)COC(=O)C[C@H](NC(C)=O)c2ccccc2)cc1. The van der Waals surface area contributed by atoms with Crippen LogP contribution in [-0.2, 0) is 30.4 Å². The van der Waals surface area contributed by atoms with Crippen molar-refractivity contribution in [2.75, 3.05) is 13.7 Å². The number of methoxy groups -OCH3 is 1. The van der Waals surface area contributed by atoms with Gasteiger partial charge in [-0.25, -0.2) is 4.79 Å². The average molecular weight is 412 g/mol. The molecule has 2 rings (SSSR count). The number of hydrogen-bond acceptors (Lipinski definition) is 6. The molecule has 0 unspecified atom stereocenters. The van der Waals surface area contributed by atoms with Gasteiger partial charge in [0.2, 0.25) is 5.91 Å². The number of carbonyl (C=O) groups is 4. The Labute approximate surface area is 174 Å². The van der Waals surface area contributed by atoms with Gasteiger partial charge in [0.15, 0.2) is 6.61 Å².